The maximum absolute atomic E-state index is 12.5. The fourth-order valence-electron chi connectivity index (χ4n) is 3.49. The van der Waals surface area contributed by atoms with E-state index in [2.05, 4.69) is 4.74 Å². The first-order valence-electron chi connectivity index (χ1n) is 9.38. The van der Waals surface area contributed by atoms with Crippen LogP contribution in [0.15, 0.2) is 52.6 Å². The van der Waals surface area contributed by atoms with E-state index >= 15 is 0 Å². The number of hydrogen-bond acceptors (Lipinski definition) is 6. The number of ether oxygens (including phenoxy) is 1. The molecule has 0 spiro atoms. The van der Waals surface area contributed by atoms with Gasteiger partial charge in [-0.3, -0.25) is 19.4 Å². The van der Waals surface area contributed by atoms with E-state index in [1.807, 2.05) is 28.8 Å². The molecule has 0 bridgehead atoms. The van der Waals surface area contributed by atoms with Gasteiger partial charge < -0.3 is 13.7 Å². The number of esters is 1. The Kier molecular flexibility index (Phi) is 4.94. The Morgan fingerprint density at radius 2 is 1.71 bits per heavy atom. The second-order valence-electron chi connectivity index (χ2n) is 7.06. The van der Waals surface area contributed by atoms with Crippen LogP contribution in [-0.4, -0.2) is 59.4 Å². The maximum atomic E-state index is 12.5. The minimum Gasteiger partial charge on any atom is -0.463 e. The molecule has 1 fully saturated rings. The lowest BCUT2D eigenvalue weighted by atomic mass is 10.1. The number of carbonyl (C=O) groups is 4. The Morgan fingerprint density at radius 3 is 2.39 bits per heavy atom. The van der Waals surface area contributed by atoms with Crippen molar-refractivity contribution in [2.24, 2.45) is 0 Å². The van der Waals surface area contributed by atoms with Crippen LogP contribution in [0.2, 0.25) is 0 Å². The largest absolute Gasteiger partial charge is 0.463 e. The van der Waals surface area contributed by atoms with Gasteiger partial charge in [-0.1, -0.05) is 18.2 Å². The lowest BCUT2D eigenvalue weighted by Crippen LogP contribution is -2.52. The molecule has 31 heavy (non-hydrogen) atoms. The molecule has 1 aromatic carbocycles. The van der Waals surface area contributed by atoms with Crippen molar-refractivity contribution in [2.75, 3.05) is 21.2 Å². The van der Waals surface area contributed by atoms with E-state index < -0.39 is 23.8 Å². The van der Waals surface area contributed by atoms with E-state index in [0.717, 1.165) is 20.7 Å². The average Bonchev–Trinajstić information content (AvgIpc) is 3.39. The smallest absolute Gasteiger partial charge is 0.373 e. The number of carbonyl (C=O) groups excluding carboxylic acids is 4. The van der Waals surface area contributed by atoms with E-state index in [0.29, 0.717) is 17.9 Å². The predicted octanol–water partition coefficient (Wildman–Crippen LogP) is 2.50. The summed E-state index contributed by atoms with van der Waals surface area (Å²) in [7, 11) is 3.95. The van der Waals surface area contributed by atoms with Crippen molar-refractivity contribution in [3.05, 3.63) is 65.3 Å². The highest BCUT2D eigenvalue weighted by molar-refractivity contribution is 6.31. The monoisotopic (exact) mass is 421 g/mol. The normalized spacial score (nSPS) is 14.5. The minimum atomic E-state index is -0.672. The lowest BCUT2D eigenvalue weighted by Gasteiger charge is -2.28. The van der Waals surface area contributed by atoms with Gasteiger partial charge in [-0.15, -0.1) is 0 Å². The first-order chi connectivity index (χ1) is 14.8. The van der Waals surface area contributed by atoms with Gasteiger partial charge in [-0.25, -0.2) is 9.59 Å². The zero-order chi connectivity index (χ0) is 22.3. The molecule has 9 nitrogen and oxygen atoms in total. The Bertz CT molecular complexity index is 1240. The third-order valence-corrected chi connectivity index (χ3v) is 5.14. The van der Waals surface area contributed by atoms with E-state index in [1.165, 1.54) is 33.3 Å². The molecule has 2 aromatic heterocycles. The molecule has 1 aliphatic heterocycles. The molecule has 1 saturated heterocycles. The van der Waals surface area contributed by atoms with Crippen molar-refractivity contribution in [2.45, 2.75) is 6.54 Å². The standard InChI is InChI=1S/C22H19N3O6/c1-23-19(26)16(20(27)24(2)22(23)29)10-13-11-25(17-7-5-4-6-15(13)17)12-14-8-9-18(31-14)21(28)30-3/h4-11H,12H2,1-3H3. The summed E-state index contributed by atoms with van der Waals surface area (Å²) in [5.41, 5.74) is 1.39. The van der Waals surface area contributed by atoms with Crippen LogP contribution < -0.4 is 0 Å². The Balaban J connectivity index is 1.75. The van der Waals surface area contributed by atoms with Gasteiger partial charge in [0.1, 0.15) is 11.3 Å². The van der Waals surface area contributed by atoms with Crippen LogP contribution in [0, 0.1) is 0 Å². The highest BCUT2D eigenvalue weighted by atomic mass is 16.5. The van der Waals surface area contributed by atoms with Crippen molar-refractivity contribution in [1.82, 2.24) is 14.4 Å². The van der Waals surface area contributed by atoms with Crippen LogP contribution in [0.5, 0.6) is 0 Å². The van der Waals surface area contributed by atoms with Gasteiger partial charge in [0, 0.05) is 36.8 Å². The topological polar surface area (TPSA) is 102 Å². The predicted molar refractivity (Wildman–Crippen MR) is 110 cm³/mol. The van der Waals surface area contributed by atoms with Crippen molar-refractivity contribution < 1.29 is 28.3 Å². The number of imide groups is 2. The van der Waals surface area contributed by atoms with Crippen LogP contribution >= 0.6 is 0 Å². The number of barbiturate groups is 1. The lowest BCUT2D eigenvalue weighted by molar-refractivity contribution is -0.134. The van der Waals surface area contributed by atoms with Crippen LogP contribution in [-0.2, 0) is 20.9 Å². The molecular weight excluding hydrogens is 402 g/mol. The van der Waals surface area contributed by atoms with Gasteiger partial charge in [0.05, 0.1) is 13.7 Å². The zero-order valence-corrected chi connectivity index (χ0v) is 17.1. The van der Waals surface area contributed by atoms with Crippen molar-refractivity contribution in [3.8, 4) is 0 Å². The van der Waals surface area contributed by atoms with Gasteiger partial charge >= 0.3 is 12.0 Å². The van der Waals surface area contributed by atoms with E-state index in [1.54, 1.807) is 12.3 Å². The number of amides is 4. The number of hydrogen-bond donors (Lipinski definition) is 0. The number of likely N-dealkylation sites (N-methyl/N-ethyl adjacent to an activating group) is 2. The van der Waals surface area contributed by atoms with Gasteiger partial charge in [0.15, 0.2) is 0 Å². The molecule has 4 rings (SSSR count). The fourth-order valence-corrected chi connectivity index (χ4v) is 3.49. The number of rotatable bonds is 4. The first kappa shape index (κ1) is 20.1. The number of urea groups is 1. The molecule has 0 unspecified atom stereocenters. The average molecular weight is 421 g/mol. The second kappa shape index (κ2) is 7.60. The van der Waals surface area contributed by atoms with E-state index in [-0.39, 0.29) is 11.3 Å². The molecular formula is C22H19N3O6. The van der Waals surface area contributed by atoms with Crippen LogP contribution in [0.1, 0.15) is 21.9 Å². The number of fused-ring (bicyclic) bond motifs is 1. The molecule has 4 amide bonds. The number of nitrogens with zero attached hydrogens (tertiary/aromatic N) is 3. The molecule has 0 N–H and O–H groups in total. The second-order valence-corrected chi connectivity index (χ2v) is 7.06. The highest BCUT2D eigenvalue weighted by Gasteiger charge is 2.37. The molecule has 0 radical (unpaired) electrons. The summed E-state index contributed by atoms with van der Waals surface area (Å²) in [4.78, 5) is 50.5. The Morgan fingerprint density at radius 1 is 1.03 bits per heavy atom. The summed E-state index contributed by atoms with van der Waals surface area (Å²) >= 11 is 0. The number of benzene rings is 1. The molecule has 158 valence electrons. The molecule has 0 saturated carbocycles. The van der Waals surface area contributed by atoms with Gasteiger partial charge in [0.25, 0.3) is 11.8 Å². The summed E-state index contributed by atoms with van der Waals surface area (Å²) in [6.07, 6.45) is 3.28. The third-order valence-electron chi connectivity index (χ3n) is 5.14. The quantitative estimate of drug-likeness (QED) is 0.364. The molecule has 0 aliphatic carbocycles. The zero-order valence-electron chi connectivity index (χ0n) is 17.1. The number of para-hydroxylation sites is 1. The highest BCUT2D eigenvalue weighted by Crippen LogP contribution is 2.27. The Hall–Kier alpha value is -4.14. The molecule has 0 atom stereocenters. The summed E-state index contributed by atoms with van der Waals surface area (Å²) < 4.78 is 12.1. The van der Waals surface area contributed by atoms with Crippen molar-refractivity contribution >= 4 is 40.8 Å². The van der Waals surface area contributed by atoms with Crippen LogP contribution in [0.4, 0.5) is 4.79 Å². The summed E-state index contributed by atoms with van der Waals surface area (Å²) in [5.74, 6) is -1.23. The van der Waals surface area contributed by atoms with Gasteiger partial charge in [-0.2, -0.15) is 0 Å². The van der Waals surface area contributed by atoms with E-state index in [9.17, 15) is 19.2 Å². The van der Waals surface area contributed by atoms with Gasteiger partial charge in [0.2, 0.25) is 5.76 Å². The third kappa shape index (κ3) is 3.39. The summed E-state index contributed by atoms with van der Waals surface area (Å²) in [6.45, 7) is 0.320. The minimum absolute atomic E-state index is 0.0986. The molecule has 1 aliphatic rings. The van der Waals surface area contributed by atoms with Crippen molar-refractivity contribution in [3.63, 3.8) is 0 Å². The van der Waals surface area contributed by atoms with Crippen LogP contribution in [0.25, 0.3) is 17.0 Å². The fraction of sp³-hybridized carbons (Fsp3) is 0.182. The van der Waals surface area contributed by atoms with Crippen molar-refractivity contribution in [1.29, 1.82) is 0 Å². The first-order valence-corrected chi connectivity index (χ1v) is 9.38. The van der Waals surface area contributed by atoms with Crippen LogP contribution in [0.3, 0.4) is 0 Å². The summed E-state index contributed by atoms with van der Waals surface area (Å²) in [6, 6.07) is 10.0. The van der Waals surface area contributed by atoms with E-state index in [4.69, 9.17) is 4.42 Å². The number of furan rings is 1. The Labute approximate surface area is 177 Å². The number of aromatic nitrogens is 1. The van der Waals surface area contributed by atoms with Gasteiger partial charge in [-0.05, 0) is 24.3 Å². The molecule has 9 heteroatoms. The molecule has 3 heterocycles. The summed E-state index contributed by atoms with van der Waals surface area (Å²) in [5, 5.41) is 0.817. The SMILES string of the molecule is COC(=O)c1ccc(Cn2cc(C=C3C(=O)N(C)C(=O)N(C)C3=O)c3ccccc32)o1. The molecule has 3 aromatic rings. The number of methoxy groups -OCH3 is 1. The maximum Gasteiger partial charge on any atom is 0.373 e.